The third kappa shape index (κ3) is 2.83. The van der Waals surface area contributed by atoms with E-state index in [-0.39, 0.29) is 11.8 Å². The Bertz CT molecular complexity index is 514. The molecule has 0 bridgehead atoms. The molecule has 2 aliphatic heterocycles. The van der Waals surface area contributed by atoms with E-state index < -0.39 is 0 Å². The highest BCUT2D eigenvalue weighted by Gasteiger charge is 2.23. The Kier molecular flexibility index (Phi) is 3.98. The van der Waals surface area contributed by atoms with Crippen LogP contribution in [0.25, 0.3) is 0 Å². The lowest BCUT2D eigenvalue weighted by Gasteiger charge is -2.23. The van der Waals surface area contributed by atoms with Gasteiger partial charge in [-0.15, -0.1) is 0 Å². The summed E-state index contributed by atoms with van der Waals surface area (Å²) in [5, 5.41) is 3.32. The summed E-state index contributed by atoms with van der Waals surface area (Å²) < 4.78 is 16.2. The predicted molar refractivity (Wildman–Crippen MR) is 74.6 cm³/mol. The minimum absolute atomic E-state index is 0.0204. The van der Waals surface area contributed by atoms with E-state index in [9.17, 15) is 4.79 Å². The molecular formula is C14H16ClNO4. The van der Waals surface area contributed by atoms with Crippen molar-refractivity contribution >= 4 is 23.2 Å². The second-order valence-electron chi connectivity index (χ2n) is 4.85. The molecule has 3 rings (SSSR count). The van der Waals surface area contributed by atoms with Crippen LogP contribution in [0.1, 0.15) is 12.8 Å². The average molecular weight is 298 g/mol. The lowest BCUT2D eigenvalue weighted by atomic mass is 9.99. The highest BCUT2D eigenvalue weighted by molar-refractivity contribution is 6.34. The van der Waals surface area contributed by atoms with Gasteiger partial charge in [0.05, 0.1) is 10.7 Å². The summed E-state index contributed by atoms with van der Waals surface area (Å²) in [7, 11) is 0. The predicted octanol–water partition coefficient (Wildman–Crippen LogP) is 2.48. The Morgan fingerprint density at radius 2 is 1.75 bits per heavy atom. The topological polar surface area (TPSA) is 56.8 Å². The van der Waals surface area contributed by atoms with Crippen molar-refractivity contribution in [1.82, 2.24) is 0 Å². The van der Waals surface area contributed by atoms with Crippen LogP contribution in [0.4, 0.5) is 5.69 Å². The molecule has 0 unspecified atom stereocenters. The van der Waals surface area contributed by atoms with Crippen molar-refractivity contribution in [2.24, 2.45) is 5.92 Å². The summed E-state index contributed by atoms with van der Waals surface area (Å²) in [6.07, 6.45) is 1.49. The molecule has 2 aliphatic rings. The summed E-state index contributed by atoms with van der Waals surface area (Å²) in [6, 6.07) is 3.39. The van der Waals surface area contributed by atoms with E-state index in [1.54, 1.807) is 12.1 Å². The summed E-state index contributed by atoms with van der Waals surface area (Å²) in [5.41, 5.74) is 0.562. The number of nitrogens with one attached hydrogen (secondary N) is 1. The first-order valence-corrected chi connectivity index (χ1v) is 7.09. The molecule has 1 N–H and O–H groups in total. The molecule has 0 aliphatic carbocycles. The van der Waals surface area contributed by atoms with Crippen LogP contribution in [0.3, 0.4) is 0 Å². The Morgan fingerprint density at radius 1 is 1.10 bits per heavy atom. The summed E-state index contributed by atoms with van der Waals surface area (Å²) in [6.45, 7) is 2.28. The number of anilines is 1. The van der Waals surface area contributed by atoms with Gasteiger partial charge in [0, 0.05) is 31.3 Å². The number of hydrogen-bond acceptors (Lipinski definition) is 4. The molecule has 0 radical (unpaired) electrons. The van der Waals surface area contributed by atoms with Crippen LogP contribution >= 0.6 is 11.6 Å². The summed E-state index contributed by atoms with van der Waals surface area (Å²) >= 11 is 6.17. The van der Waals surface area contributed by atoms with Gasteiger partial charge in [-0.1, -0.05) is 11.6 Å². The molecular weight excluding hydrogens is 282 g/mol. The SMILES string of the molecule is O=C(Nc1cc2c(cc1Cl)OCCO2)C1CCOCC1. The molecule has 0 atom stereocenters. The van der Waals surface area contributed by atoms with Crippen molar-refractivity contribution in [2.75, 3.05) is 31.7 Å². The zero-order valence-electron chi connectivity index (χ0n) is 11.0. The first-order chi connectivity index (χ1) is 9.74. The van der Waals surface area contributed by atoms with Crippen LogP contribution in [0, 0.1) is 5.92 Å². The second-order valence-corrected chi connectivity index (χ2v) is 5.26. The Labute approximate surface area is 122 Å². The summed E-state index contributed by atoms with van der Waals surface area (Å²) in [5.74, 6) is 1.19. The fourth-order valence-corrected chi connectivity index (χ4v) is 2.56. The van der Waals surface area contributed by atoms with Crippen LogP contribution in [-0.4, -0.2) is 32.3 Å². The van der Waals surface area contributed by atoms with Crippen LogP contribution in [-0.2, 0) is 9.53 Å². The van der Waals surface area contributed by atoms with Crippen molar-refractivity contribution in [3.05, 3.63) is 17.2 Å². The molecule has 20 heavy (non-hydrogen) atoms. The van der Waals surface area contributed by atoms with Gasteiger partial charge in [-0.3, -0.25) is 4.79 Å². The Balaban J connectivity index is 1.74. The zero-order chi connectivity index (χ0) is 13.9. The Morgan fingerprint density at radius 3 is 2.45 bits per heavy atom. The molecule has 0 saturated carbocycles. The molecule has 1 aromatic rings. The van der Waals surface area contributed by atoms with Crippen molar-refractivity contribution in [2.45, 2.75) is 12.8 Å². The number of fused-ring (bicyclic) bond motifs is 1. The highest BCUT2D eigenvalue weighted by Crippen LogP contribution is 2.38. The minimum atomic E-state index is -0.0214. The van der Waals surface area contributed by atoms with Gasteiger partial charge in [0.15, 0.2) is 11.5 Å². The third-order valence-electron chi connectivity index (χ3n) is 3.48. The van der Waals surface area contributed by atoms with Gasteiger partial charge in [0.2, 0.25) is 5.91 Å². The van der Waals surface area contributed by atoms with Crippen LogP contribution < -0.4 is 14.8 Å². The highest BCUT2D eigenvalue weighted by atomic mass is 35.5. The fraction of sp³-hybridized carbons (Fsp3) is 0.500. The lowest BCUT2D eigenvalue weighted by Crippen LogP contribution is -2.28. The molecule has 1 amide bonds. The molecule has 2 heterocycles. The minimum Gasteiger partial charge on any atom is -0.486 e. The van der Waals surface area contributed by atoms with E-state index in [4.69, 9.17) is 25.8 Å². The third-order valence-corrected chi connectivity index (χ3v) is 3.79. The van der Waals surface area contributed by atoms with Gasteiger partial charge in [-0.25, -0.2) is 0 Å². The quantitative estimate of drug-likeness (QED) is 0.911. The Hall–Kier alpha value is -1.46. The number of ether oxygens (including phenoxy) is 3. The fourth-order valence-electron chi connectivity index (χ4n) is 2.35. The number of amides is 1. The first kappa shape index (κ1) is 13.5. The number of benzene rings is 1. The van der Waals surface area contributed by atoms with Crippen molar-refractivity contribution in [3.63, 3.8) is 0 Å². The monoisotopic (exact) mass is 297 g/mol. The van der Waals surface area contributed by atoms with Crippen LogP contribution in [0.2, 0.25) is 5.02 Å². The lowest BCUT2D eigenvalue weighted by molar-refractivity contribution is -0.122. The van der Waals surface area contributed by atoms with Crippen molar-refractivity contribution < 1.29 is 19.0 Å². The molecule has 5 nitrogen and oxygen atoms in total. The van der Waals surface area contributed by atoms with E-state index in [1.165, 1.54) is 0 Å². The van der Waals surface area contributed by atoms with Gasteiger partial charge >= 0.3 is 0 Å². The molecule has 1 fully saturated rings. The maximum Gasteiger partial charge on any atom is 0.227 e. The molecule has 0 aromatic heterocycles. The van der Waals surface area contributed by atoms with E-state index in [0.717, 1.165) is 12.8 Å². The average Bonchev–Trinajstić information content (AvgIpc) is 2.49. The van der Waals surface area contributed by atoms with Gasteiger partial charge in [-0.2, -0.15) is 0 Å². The molecule has 1 aromatic carbocycles. The maximum absolute atomic E-state index is 12.2. The van der Waals surface area contributed by atoms with E-state index >= 15 is 0 Å². The second kappa shape index (κ2) is 5.89. The largest absolute Gasteiger partial charge is 0.486 e. The van der Waals surface area contributed by atoms with E-state index in [1.807, 2.05) is 0 Å². The number of carbonyl (C=O) groups excluding carboxylic acids is 1. The number of rotatable bonds is 2. The van der Waals surface area contributed by atoms with Gasteiger partial charge in [0.1, 0.15) is 13.2 Å². The van der Waals surface area contributed by atoms with Crippen LogP contribution in [0.5, 0.6) is 11.5 Å². The standard InChI is InChI=1S/C14H16ClNO4/c15-10-7-12-13(20-6-5-19-12)8-11(10)16-14(17)9-1-3-18-4-2-9/h7-9H,1-6H2,(H,16,17). The van der Waals surface area contributed by atoms with E-state index in [0.29, 0.717) is 48.6 Å². The van der Waals surface area contributed by atoms with Crippen molar-refractivity contribution in [3.8, 4) is 11.5 Å². The molecule has 108 valence electrons. The van der Waals surface area contributed by atoms with E-state index in [2.05, 4.69) is 5.32 Å². The maximum atomic E-state index is 12.2. The normalized spacial score (nSPS) is 18.6. The van der Waals surface area contributed by atoms with Gasteiger partial charge < -0.3 is 19.5 Å². The molecule has 0 spiro atoms. The van der Waals surface area contributed by atoms with Crippen molar-refractivity contribution in [1.29, 1.82) is 0 Å². The van der Waals surface area contributed by atoms with Gasteiger partial charge in [0.25, 0.3) is 0 Å². The molecule has 1 saturated heterocycles. The summed E-state index contributed by atoms with van der Waals surface area (Å²) in [4.78, 5) is 12.2. The number of carbonyl (C=O) groups is 1. The number of hydrogen-bond donors (Lipinski definition) is 1. The number of halogens is 1. The zero-order valence-corrected chi connectivity index (χ0v) is 11.7. The first-order valence-electron chi connectivity index (χ1n) is 6.72. The molecule has 6 heteroatoms. The smallest absolute Gasteiger partial charge is 0.227 e. The van der Waals surface area contributed by atoms with Crippen LogP contribution in [0.15, 0.2) is 12.1 Å². The van der Waals surface area contributed by atoms with Gasteiger partial charge in [-0.05, 0) is 12.8 Å².